The molecule has 1 aliphatic heterocycles. The maximum Gasteiger partial charge on any atom is 0.274 e. The first kappa shape index (κ1) is 16.4. The van der Waals surface area contributed by atoms with E-state index in [1.807, 2.05) is 26.0 Å². The maximum absolute atomic E-state index is 12.5. The Kier molecular flexibility index (Phi) is 4.79. The third-order valence-corrected chi connectivity index (χ3v) is 4.57. The summed E-state index contributed by atoms with van der Waals surface area (Å²) in [7, 11) is 0. The Bertz CT molecular complexity index is 736. The monoisotopic (exact) mass is 324 g/mol. The Morgan fingerprint density at radius 3 is 2.67 bits per heavy atom. The van der Waals surface area contributed by atoms with Crippen LogP contribution in [0.1, 0.15) is 41.4 Å². The van der Waals surface area contributed by atoms with Crippen molar-refractivity contribution < 1.29 is 4.79 Å². The van der Waals surface area contributed by atoms with E-state index < -0.39 is 0 Å². The van der Waals surface area contributed by atoms with Crippen LogP contribution in [0.5, 0.6) is 0 Å². The number of nitrogens with zero attached hydrogens (tertiary/aromatic N) is 3. The number of hydrogen-bond donors (Lipinski definition) is 1. The molecule has 3 rings (SSSR count). The molecule has 1 fully saturated rings. The van der Waals surface area contributed by atoms with Crippen molar-refractivity contribution in [3.8, 4) is 0 Å². The number of amides is 1. The summed E-state index contributed by atoms with van der Waals surface area (Å²) < 4.78 is 0. The van der Waals surface area contributed by atoms with Crippen molar-refractivity contribution in [3.63, 3.8) is 0 Å². The van der Waals surface area contributed by atoms with Gasteiger partial charge in [-0.25, -0.2) is 9.97 Å². The largest absolute Gasteiger partial charge is 0.341 e. The van der Waals surface area contributed by atoms with Crippen LogP contribution in [0.2, 0.25) is 0 Å². The molecule has 1 saturated heterocycles. The highest BCUT2D eigenvalue weighted by Gasteiger charge is 2.19. The van der Waals surface area contributed by atoms with Crippen molar-refractivity contribution in [2.75, 3.05) is 23.3 Å². The van der Waals surface area contributed by atoms with Crippen LogP contribution in [0.15, 0.2) is 30.5 Å². The molecule has 0 bridgehead atoms. The van der Waals surface area contributed by atoms with Crippen LogP contribution in [0.3, 0.4) is 0 Å². The quantitative estimate of drug-likeness (QED) is 0.937. The van der Waals surface area contributed by atoms with Crippen LogP contribution >= 0.6 is 0 Å². The van der Waals surface area contributed by atoms with Crippen molar-refractivity contribution in [3.05, 3.63) is 47.3 Å². The van der Waals surface area contributed by atoms with Gasteiger partial charge in [0.15, 0.2) is 0 Å². The van der Waals surface area contributed by atoms with Gasteiger partial charge in [0.2, 0.25) is 5.95 Å². The molecule has 126 valence electrons. The van der Waals surface area contributed by atoms with E-state index in [9.17, 15) is 4.79 Å². The van der Waals surface area contributed by atoms with E-state index in [-0.39, 0.29) is 5.91 Å². The summed E-state index contributed by atoms with van der Waals surface area (Å²) in [5.74, 6) is 1.20. The number of carbonyl (C=O) groups excluding carboxylic acids is 1. The number of nitrogens with one attached hydrogen (secondary N) is 1. The number of hydrogen-bond acceptors (Lipinski definition) is 4. The van der Waals surface area contributed by atoms with E-state index in [0.29, 0.717) is 11.6 Å². The van der Waals surface area contributed by atoms with Crippen LogP contribution in [0, 0.1) is 19.8 Å². The average Bonchev–Trinajstić information content (AvgIpc) is 2.58. The topological polar surface area (TPSA) is 58.1 Å². The zero-order chi connectivity index (χ0) is 17.1. The minimum atomic E-state index is -0.198. The summed E-state index contributed by atoms with van der Waals surface area (Å²) >= 11 is 0. The fraction of sp³-hybridized carbons (Fsp3) is 0.421. The van der Waals surface area contributed by atoms with Gasteiger partial charge in [-0.2, -0.15) is 0 Å². The van der Waals surface area contributed by atoms with Crippen LogP contribution in [0.4, 0.5) is 11.6 Å². The SMILES string of the molecule is Cc1ccc(NC(=O)c2ccnc(N3CCC(C)CC3)n2)c(C)c1. The first-order valence-corrected chi connectivity index (χ1v) is 8.49. The Morgan fingerprint density at radius 2 is 1.96 bits per heavy atom. The minimum Gasteiger partial charge on any atom is -0.341 e. The van der Waals surface area contributed by atoms with Crippen LogP contribution in [-0.4, -0.2) is 29.0 Å². The number of anilines is 2. The molecule has 1 aromatic carbocycles. The number of carbonyl (C=O) groups is 1. The second-order valence-corrected chi connectivity index (χ2v) is 6.68. The molecule has 24 heavy (non-hydrogen) atoms. The first-order chi connectivity index (χ1) is 11.5. The number of aryl methyl sites for hydroxylation is 2. The Labute approximate surface area is 143 Å². The van der Waals surface area contributed by atoms with E-state index in [1.54, 1.807) is 12.3 Å². The molecule has 5 heteroatoms. The van der Waals surface area contributed by atoms with Gasteiger partial charge < -0.3 is 10.2 Å². The predicted molar refractivity (Wildman–Crippen MR) is 96.5 cm³/mol. The molecule has 1 aliphatic rings. The lowest BCUT2D eigenvalue weighted by molar-refractivity contribution is 0.102. The van der Waals surface area contributed by atoms with Gasteiger partial charge in [0, 0.05) is 25.0 Å². The van der Waals surface area contributed by atoms with Gasteiger partial charge in [-0.05, 0) is 50.3 Å². The van der Waals surface area contributed by atoms with Crippen LogP contribution in [-0.2, 0) is 0 Å². The smallest absolute Gasteiger partial charge is 0.274 e. The number of rotatable bonds is 3. The fourth-order valence-electron chi connectivity index (χ4n) is 2.98. The summed E-state index contributed by atoms with van der Waals surface area (Å²) in [6, 6.07) is 7.63. The van der Waals surface area contributed by atoms with Gasteiger partial charge in [-0.3, -0.25) is 4.79 Å². The molecular formula is C19H24N4O. The Balaban J connectivity index is 1.74. The van der Waals surface area contributed by atoms with Crippen molar-refractivity contribution >= 4 is 17.5 Å². The summed E-state index contributed by atoms with van der Waals surface area (Å²) in [5, 5.41) is 2.94. The van der Waals surface area contributed by atoms with Crippen molar-refractivity contribution in [2.24, 2.45) is 5.92 Å². The third-order valence-electron chi connectivity index (χ3n) is 4.57. The second-order valence-electron chi connectivity index (χ2n) is 6.68. The highest BCUT2D eigenvalue weighted by atomic mass is 16.1. The van der Waals surface area contributed by atoms with E-state index in [0.717, 1.165) is 43.1 Å². The lowest BCUT2D eigenvalue weighted by atomic mass is 10.00. The van der Waals surface area contributed by atoms with Gasteiger partial charge >= 0.3 is 0 Å². The fourth-order valence-corrected chi connectivity index (χ4v) is 2.98. The summed E-state index contributed by atoms with van der Waals surface area (Å²) in [4.78, 5) is 23.5. The molecule has 1 N–H and O–H groups in total. The molecule has 0 saturated carbocycles. The lowest BCUT2D eigenvalue weighted by Crippen LogP contribution is -2.34. The molecule has 0 aliphatic carbocycles. The zero-order valence-corrected chi connectivity index (χ0v) is 14.5. The van der Waals surface area contributed by atoms with Crippen molar-refractivity contribution in [1.29, 1.82) is 0 Å². The van der Waals surface area contributed by atoms with E-state index in [1.165, 1.54) is 5.56 Å². The molecule has 5 nitrogen and oxygen atoms in total. The number of aromatic nitrogens is 2. The van der Waals surface area contributed by atoms with Crippen LogP contribution in [0.25, 0.3) is 0 Å². The highest BCUT2D eigenvalue weighted by molar-refractivity contribution is 6.03. The standard InChI is InChI=1S/C19H24N4O/c1-13-7-10-23(11-8-13)19-20-9-6-17(22-19)18(24)21-16-5-4-14(2)12-15(16)3/h4-6,9,12-13H,7-8,10-11H2,1-3H3,(H,21,24). The molecule has 1 amide bonds. The molecule has 2 aromatic rings. The molecule has 0 radical (unpaired) electrons. The molecule has 0 atom stereocenters. The van der Waals surface area contributed by atoms with Crippen LogP contribution < -0.4 is 10.2 Å². The van der Waals surface area contributed by atoms with Gasteiger partial charge in [0.05, 0.1) is 0 Å². The molecule has 2 heterocycles. The van der Waals surface area contributed by atoms with E-state index in [4.69, 9.17) is 0 Å². The Morgan fingerprint density at radius 1 is 1.21 bits per heavy atom. The maximum atomic E-state index is 12.5. The number of benzene rings is 1. The molecule has 1 aromatic heterocycles. The second kappa shape index (κ2) is 6.99. The zero-order valence-electron chi connectivity index (χ0n) is 14.5. The summed E-state index contributed by atoms with van der Waals surface area (Å²) in [5.41, 5.74) is 3.44. The van der Waals surface area contributed by atoms with Gasteiger partial charge in [0.25, 0.3) is 5.91 Å². The van der Waals surface area contributed by atoms with E-state index in [2.05, 4.69) is 33.2 Å². The van der Waals surface area contributed by atoms with Crippen molar-refractivity contribution in [2.45, 2.75) is 33.6 Å². The van der Waals surface area contributed by atoms with E-state index >= 15 is 0 Å². The Hall–Kier alpha value is -2.43. The first-order valence-electron chi connectivity index (χ1n) is 8.49. The van der Waals surface area contributed by atoms with Gasteiger partial charge in [0.1, 0.15) is 5.69 Å². The normalized spacial score (nSPS) is 15.4. The average molecular weight is 324 g/mol. The van der Waals surface area contributed by atoms with Crippen molar-refractivity contribution in [1.82, 2.24) is 9.97 Å². The lowest BCUT2D eigenvalue weighted by Gasteiger charge is -2.30. The number of piperidine rings is 1. The molecular weight excluding hydrogens is 300 g/mol. The molecule has 0 unspecified atom stereocenters. The van der Waals surface area contributed by atoms with Gasteiger partial charge in [-0.1, -0.05) is 24.6 Å². The highest BCUT2D eigenvalue weighted by Crippen LogP contribution is 2.20. The summed E-state index contributed by atoms with van der Waals surface area (Å²) in [6.45, 7) is 8.19. The summed E-state index contributed by atoms with van der Waals surface area (Å²) in [6.07, 6.45) is 3.95. The molecule has 0 spiro atoms. The minimum absolute atomic E-state index is 0.198. The van der Waals surface area contributed by atoms with Gasteiger partial charge in [-0.15, -0.1) is 0 Å². The third kappa shape index (κ3) is 3.72. The predicted octanol–water partition coefficient (Wildman–Crippen LogP) is 3.58.